The molecule has 2 rings (SSSR count). The summed E-state index contributed by atoms with van der Waals surface area (Å²) >= 11 is 1.46. The first kappa shape index (κ1) is 10.6. The van der Waals surface area contributed by atoms with Gasteiger partial charge in [0.25, 0.3) is 0 Å². The molecule has 0 aliphatic rings. The van der Waals surface area contributed by atoms with Gasteiger partial charge in [-0.3, -0.25) is 4.79 Å². The summed E-state index contributed by atoms with van der Waals surface area (Å²) in [4.78, 5) is 26.2. The zero-order chi connectivity index (χ0) is 11.5. The van der Waals surface area contributed by atoms with Crippen molar-refractivity contribution in [2.45, 2.75) is 0 Å². The molecule has 6 heteroatoms. The molecule has 0 saturated heterocycles. The minimum Gasteiger partial charge on any atom is -0.462 e. The van der Waals surface area contributed by atoms with Crippen LogP contribution in [-0.4, -0.2) is 24.0 Å². The van der Waals surface area contributed by atoms with Crippen LogP contribution in [0, 0.1) is 0 Å². The third kappa shape index (κ3) is 2.01. The molecule has 2 aromatic rings. The lowest BCUT2D eigenvalue weighted by atomic mass is 10.3. The van der Waals surface area contributed by atoms with Gasteiger partial charge in [0.2, 0.25) is 0 Å². The minimum atomic E-state index is -0.913. The first-order valence-electron chi connectivity index (χ1n) is 4.43. The first-order valence-corrected chi connectivity index (χ1v) is 5.31. The fourth-order valence-corrected chi connectivity index (χ4v) is 1.92. The number of fused-ring (bicyclic) bond motifs is 1. The number of rotatable bonds is 1. The maximum Gasteiger partial charge on any atom is 0.396 e. The molecular formula is C10H8N2O3S. The van der Waals surface area contributed by atoms with E-state index >= 15 is 0 Å². The molecule has 0 bridgehead atoms. The number of anilines is 1. The van der Waals surface area contributed by atoms with Gasteiger partial charge in [-0.05, 0) is 18.2 Å². The van der Waals surface area contributed by atoms with Crippen molar-refractivity contribution in [3.63, 3.8) is 0 Å². The van der Waals surface area contributed by atoms with Crippen LogP contribution in [0.2, 0.25) is 0 Å². The van der Waals surface area contributed by atoms with E-state index in [2.05, 4.69) is 15.0 Å². The Hall–Kier alpha value is -1.95. The zero-order valence-corrected chi connectivity index (χ0v) is 9.21. The van der Waals surface area contributed by atoms with E-state index in [4.69, 9.17) is 0 Å². The lowest BCUT2D eigenvalue weighted by Gasteiger charge is -2.02. The highest BCUT2D eigenvalue weighted by molar-refractivity contribution is 7.16. The molecular weight excluding hydrogens is 228 g/mol. The van der Waals surface area contributed by atoms with Crippen LogP contribution in [0.5, 0.6) is 0 Å². The number of benzene rings is 1. The van der Waals surface area contributed by atoms with E-state index in [-0.39, 0.29) is 0 Å². The number of aromatic nitrogens is 1. The molecule has 0 unspecified atom stereocenters. The van der Waals surface area contributed by atoms with Crippen molar-refractivity contribution < 1.29 is 14.3 Å². The van der Waals surface area contributed by atoms with E-state index < -0.39 is 11.9 Å². The molecule has 5 nitrogen and oxygen atoms in total. The summed E-state index contributed by atoms with van der Waals surface area (Å²) in [5.41, 5.74) is 3.13. The number of nitrogens with zero attached hydrogens (tertiary/aromatic N) is 1. The van der Waals surface area contributed by atoms with Gasteiger partial charge in [0.05, 0.1) is 22.8 Å². The number of amides is 1. The lowest BCUT2D eigenvalue weighted by Crippen LogP contribution is -2.23. The average Bonchev–Trinajstić information content (AvgIpc) is 2.75. The molecule has 0 fully saturated rings. The quantitative estimate of drug-likeness (QED) is 0.600. The van der Waals surface area contributed by atoms with Crippen LogP contribution in [0.4, 0.5) is 5.69 Å². The summed E-state index contributed by atoms with van der Waals surface area (Å²) in [5.74, 6) is -1.70. The Balaban J connectivity index is 2.21. The van der Waals surface area contributed by atoms with Gasteiger partial charge in [-0.1, -0.05) is 0 Å². The summed E-state index contributed by atoms with van der Waals surface area (Å²) in [6.07, 6.45) is 0. The second-order valence-corrected chi connectivity index (χ2v) is 3.87. The second-order valence-electron chi connectivity index (χ2n) is 2.98. The molecule has 1 N–H and O–H groups in total. The van der Waals surface area contributed by atoms with Gasteiger partial charge in [-0.2, -0.15) is 0 Å². The van der Waals surface area contributed by atoms with Crippen molar-refractivity contribution in [1.82, 2.24) is 4.98 Å². The Bertz CT molecular complexity index is 550. The van der Waals surface area contributed by atoms with Crippen molar-refractivity contribution in [1.29, 1.82) is 0 Å². The summed E-state index contributed by atoms with van der Waals surface area (Å²) in [7, 11) is 1.16. The normalized spacial score (nSPS) is 10.1. The van der Waals surface area contributed by atoms with E-state index in [0.29, 0.717) is 5.69 Å². The van der Waals surface area contributed by atoms with Gasteiger partial charge in [-0.15, -0.1) is 11.3 Å². The highest BCUT2D eigenvalue weighted by Gasteiger charge is 2.13. The van der Waals surface area contributed by atoms with E-state index in [1.807, 2.05) is 0 Å². The Morgan fingerprint density at radius 1 is 1.44 bits per heavy atom. The van der Waals surface area contributed by atoms with Crippen molar-refractivity contribution in [2.75, 3.05) is 12.4 Å². The number of nitrogens with one attached hydrogen (secondary N) is 1. The predicted molar refractivity (Wildman–Crippen MR) is 60.3 cm³/mol. The minimum absolute atomic E-state index is 0.548. The van der Waals surface area contributed by atoms with Gasteiger partial charge in [0.1, 0.15) is 0 Å². The number of carbonyl (C=O) groups is 2. The highest BCUT2D eigenvalue weighted by atomic mass is 32.1. The molecule has 1 aromatic carbocycles. The first-order chi connectivity index (χ1) is 7.70. The van der Waals surface area contributed by atoms with Crippen molar-refractivity contribution in [3.05, 3.63) is 23.7 Å². The molecule has 1 amide bonds. The summed E-state index contributed by atoms with van der Waals surface area (Å²) in [6, 6.07) is 5.22. The van der Waals surface area contributed by atoms with Crippen LogP contribution < -0.4 is 5.32 Å². The second kappa shape index (κ2) is 4.28. The fraction of sp³-hybridized carbons (Fsp3) is 0.100. The number of esters is 1. The summed E-state index contributed by atoms with van der Waals surface area (Å²) in [6.45, 7) is 0. The molecule has 1 aromatic heterocycles. The van der Waals surface area contributed by atoms with Crippen LogP contribution in [-0.2, 0) is 14.3 Å². The predicted octanol–water partition coefficient (Wildman–Crippen LogP) is 1.41. The van der Waals surface area contributed by atoms with E-state index in [1.54, 1.807) is 23.7 Å². The third-order valence-electron chi connectivity index (χ3n) is 1.96. The van der Waals surface area contributed by atoms with Gasteiger partial charge in [0.15, 0.2) is 0 Å². The number of hydrogen-bond acceptors (Lipinski definition) is 5. The monoisotopic (exact) mass is 236 g/mol. The SMILES string of the molecule is COC(=O)C(=O)Nc1ccc2ncsc2c1. The zero-order valence-electron chi connectivity index (χ0n) is 8.39. The number of carbonyl (C=O) groups excluding carboxylic acids is 2. The van der Waals surface area contributed by atoms with Crippen LogP contribution >= 0.6 is 11.3 Å². The Morgan fingerprint density at radius 3 is 3.00 bits per heavy atom. The number of thiazole rings is 1. The van der Waals surface area contributed by atoms with Crippen molar-refractivity contribution in [3.8, 4) is 0 Å². The fourth-order valence-electron chi connectivity index (χ4n) is 1.21. The Morgan fingerprint density at radius 2 is 2.25 bits per heavy atom. The van der Waals surface area contributed by atoms with Crippen molar-refractivity contribution >= 4 is 39.1 Å². The molecule has 82 valence electrons. The number of methoxy groups -OCH3 is 1. The highest BCUT2D eigenvalue weighted by Crippen LogP contribution is 2.21. The van der Waals surface area contributed by atoms with E-state index in [1.165, 1.54) is 11.3 Å². The molecule has 0 radical (unpaired) electrons. The average molecular weight is 236 g/mol. The topological polar surface area (TPSA) is 68.3 Å². The van der Waals surface area contributed by atoms with Crippen LogP contribution in [0.15, 0.2) is 23.7 Å². The largest absolute Gasteiger partial charge is 0.462 e. The smallest absolute Gasteiger partial charge is 0.396 e. The van der Waals surface area contributed by atoms with Gasteiger partial charge < -0.3 is 10.1 Å². The van der Waals surface area contributed by atoms with Gasteiger partial charge in [-0.25, -0.2) is 9.78 Å². The molecule has 0 spiro atoms. The molecule has 0 aliphatic carbocycles. The standard InChI is InChI=1S/C10H8N2O3S/c1-15-10(14)9(13)12-6-2-3-7-8(4-6)16-5-11-7/h2-5H,1H3,(H,12,13). The molecule has 1 heterocycles. The van der Waals surface area contributed by atoms with Crippen molar-refractivity contribution in [2.24, 2.45) is 0 Å². The summed E-state index contributed by atoms with van der Waals surface area (Å²) in [5, 5.41) is 2.44. The Labute approximate surface area is 95.1 Å². The lowest BCUT2D eigenvalue weighted by molar-refractivity contribution is -0.150. The van der Waals surface area contributed by atoms with Crippen LogP contribution in [0.1, 0.15) is 0 Å². The third-order valence-corrected chi connectivity index (χ3v) is 2.75. The Kier molecular flexibility index (Phi) is 2.82. The molecule has 16 heavy (non-hydrogen) atoms. The maximum atomic E-state index is 11.2. The van der Waals surface area contributed by atoms with Crippen LogP contribution in [0.3, 0.4) is 0 Å². The van der Waals surface area contributed by atoms with Gasteiger partial charge >= 0.3 is 11.9 Å². The number of hydrogen-bond donors (Lipinski definition) is 1. The molecule has 0 aliphatic heterocycles. The summed E-state index contributed by atoms with van der Waals surface area (Å²) < 4.78 is 5.24. The maximum absolute atomic E-state index is 11.2. The van der Waals surface area contributed by atoms with E-state index in [0.717, 1.165) is 17.3 Å². The molecule has 0 saturated carbocycles. The molecule has 0 atom stereocenters. The van der Waals surface area contributed by atoms with Gasteiger partial charge in [0, 0.05) is 5.69 Å². The van der Waals surface area contributed by atoms with E-state index in [9.17, 15) is 9.59 Å². The van der Waals surface area contributed by atoms with Crippen LogP contribution in [0.25, 0.3) is 10.2 Å². The number of ether oxygens (including phenoxy) is 1.